The van der Waals surface area contributed by atoms with E-state index in [-0.39, 0.29) is 35.6 Å². The first kappa shape index (κ1) is 18.4. The van der Waals surface area contributed by atoms with Crippen LogP contribution in [0.1, 0.15) is 0 Å². The first-order valence-electron chi connectivity index (χ1n) is 5.74. The van der Waals surface area contributed by atoms with Gasteiger partial charge in [0.15, 0.2) is 5.75 Å². The maximum absolute atomic E-state index is 8.94. The van der Waals surface area contributed by atoms with Crippen LogP contribution in [0.3, 0.4) is 0 Å². The number of aromatic hydroxyl groups is 1. The summed E-state index contributed by atoms with van der Waals surface area (Å²) in [5.41, 5.74) is 0. The number of aliphatic hydroxyl groups is 3. The van der Waals surface area contributed by atoms with E-state index in [0.717, 1.165) is 0 Å². The Morgan fingerprint density at radius 3 is 1.47 bits per heavy atom. The molecule has 0 atom stereocenters. The number of aliphatic hydroxyl groups excluding tert-OH is 3. The molecule has 0 aliphatic carbocycles. The van der Waals surface area contributed by atoms with Crippen molar-refractivity contribution in [3.05, 3.63) is 28.2 Å². The highest BCUT2D eigenvalue weighted by atomic mass is 35.5. The summed E-state index contributed by atoms with van der Waals surface area (Å²) in [6, 6.07) is 4.82. The lowest BCUT2D eigenvalue weighted by Crippen LogP contribution is -2.32. The maximum atomic E-state index is 8.94. The van der Waals surface area contributed by atoms with Crippen molar-refractivity contribution in [2.75, 3.05) is 39.5 Å². The van der Waals surface area contributed by atoms with Crippen molar-refractivity contribution in [2.45, 2.75) is 0 Å². The smallest absolute Gasteiger partial charge is 0.152 e. The summed E-state index contributed by atoms with van der Waals surface area (Å²) in [7, 11) is 0. The first-order chi connectivity index (χ1) is 9.06. The monoisotopic (exact) mass is 311 g/mol. The summed E-state index contributed by atoms with van der Waals surface area (Å²) in [4.78, 5) is 1.79. The van der Waals surface area contributed by atoms with Crippen LogP contribution in [0.5, 0.6) is 5.75 Å². The second-order valence-corrected chi connectivity index (χ2v) is 4.40. The topological polar surface area (TPSA) is 84.2 Å². The number of phenols is 1. The van der Waals surface area contributed by atoms with Crippen LogP contribution in [-0.4, -0.2) is 64.8 Å². The van der Waals surface area contributed by atoms with Crippen molar-refractivity contribution in [1.82, 2.24) is 4.90 Å². The maximum Gasteiger partial charge on any atom is 0.152 e. The molecule has 5 nitrogen and oxygen atoms in total. The standard InChI is InChI=1S/C6H4Cl2O.C6H15NO3/c7-4-2-1-3-5(8)6(4)9;8-4-1-7(2-5-9)3-6-10/h1-3,9H;8-10H,1-6H2. The highest BCUT2D eigenvalue weighted by Gasteiger charge is 2.00. The van der Waals surface area contributed by atoms with E-state index in [1.54, 1.807) is 23.1 Å². The highest BCUT2D eigenvalue weighted by Crippen LogP contribution is 2.30. The molecule has 110 valence electrons. The fourth-order valence-electron chi connectivity index (χ4n) is 1.25. The summed E-state index contributed by atoms with van der Waals surface area (Å²) >= 11 is 11.0. The number of rotatable bonds is 6. The minimum absolute atomic E-state index is 0.0548. The SMILES string of the molecule is OCCN(CCO)CCO.Oc1c(Cl)cccc1Cl. The zero-order chi connectivity index (χ0) is 14.7. The van der Waals surface area contributed by atoms with Crippen molar-refractivity contribution in [2.24, 2.45) is 0 Å². The Morgan fingerprint density at radius 2 is 1.21 bits per heavy atom. The van der Waals surface area contributed by atoms with Crippen molar-refractivity contribution < 1.29 is 20.4 Å². The molecule has 0 amide bonds. The van der Waals surface area contributed by atoms with Crippen LogP contribution in [-0.2, 0) is 0 Å². The third kappa shape index (κ3) is 8.26. The number of para-hydroxylation sites is 1. The molecule has 1 aromatic rings. The fourth-order valence-corrected chi connectivity index (χ4v) is 1.65. The van der Waals surface area contributed by atoms with Crippen LogP contribution in [0, 0.1) is 0 Å². The van der Waals surface area contributed by atoms with Gasteiger partial charge in [-0.15, -0.1) is 0 Å². The lowest BCUT2D eigenvalue weighted by molar-refractivity contribution is 0.136. The Balaban J connectivity index is 0.000000342. The second kappa shape index (κ2) is 11.3. The van der Waals surface area contributed by atoms with Gasteiger partial charge in [0, 0.05) is 19.6 Å². The van der Waals surface area contributed by atoms with E-state index in [1.807, 2.05) is 0 Å². The number of hydrogen-bond acceptors (Lipinski definition) is 5. The highest BCUT2D eigenvalue weighted by molar-refractivity contribution is 6.37. The van der Waals surface area contributed by atoms with Gasteiger partial charge >= 0.3 is 0 Å². The number of nitrogens with zero attached hydrogens (tertiary/aromatic N) is 1. The van der Waals surface area contributed by atoms with Gasteiger partial charge in [-0.3, -0.25) is 4.90 Å². The molecule has 7 heteroatoms. The van der Waals surface area contributed by atoms with Crippen molar-refractivity contribution >= 4 is 23.2 Å². The molecule has 0 unspecified atom stereocenters. The van der Waals surface area contributed by atoms with Gasteiger partial charge in [-0.1, -0.05) is 29.3 Å². The number of hydrogen-bond donors (Lipinski definition) is 4. The molecule has 4 N–H and O–H groups in total. The molecule has 0 radical (unpaired) electrons. The lowest BCUT2D eigenvalue weighted by atomic mass is 10.3. The largest absolute Gasteiger partial charge is 0.505 e. The Morgan fingerprint density at radius 1 is 0.842 bits per heavy atom. The van der Waals surface area contributed by atoms with Crippen molar-refractivity contribution in [3.8, 4) is 5.75 Å². The van der Waals surface area contributed by atoms with E-state index < -0.39 is 0 Å². The summed E-state index contributed by atoms with van der Waals surface area (Å²) in [6.07, 6.45) is 0. The molecule has 0 aromatic heterocycles. The first-order valence-corrected chi connectivity index (χ1v) is 6.50. The summed E-state index contributed by atoms with van der Waals surface area (Å²) in [5, 5.41) is 35.0. The Hall–Kier alpha value is -0.560. The Bertz CT molecular complexity index is 318. The van der Waals surface area contributed by atoms with Gasteiger partial charge in [-0.25, -0.2) is 0 Å². The zero-order valence-corrected chi connectivity index (χ0v) is 12.0. The van der Waals surface area contributed by atoms with Gasteiger partial charge in [0.2, 0.25) is 0 Å². The third-order valence-corrected chi connectivity index (χ3v) is 2.80. The Labute approximate surface area is 122 Å². The van der Waals surface area contributed by atoms with Crippen LogP contribution < -0.4 is 0 Å². The fraction of sp³-hybridized carbons (Fsp3) is 0.500. The molecule has 0 spiro atoms. The van der Waals surface area contributed by atoms with Crippen LogP contribution in [0.15, 0.2) is 18.2 Å². The normalized spacial score (nSPS) is 10.2. The summed E-state index contributed by atoms with van der Waals surface area (Å²) in [6.45, 7) is 1.75. The van der Waals surface area contributed by atoms with Gasteiger partial charge in [-0.05, 0) is 12.1 Å². The molecule has 0 aliphatic rings. The summed E-state index contributed by atoms with van der Waals surface area (Å²) < 4.78 is 0. The molecule has 0 saturated heterocycles. The molecule has 1 aromatic carbocycles. The van der Waals surface area contributed by atoms with Crippen molar-refractivity contribution in [1.29, 1.82) is 0 Å². The Kier molecular flexibility index (Phi) is 10.9. The average Bonchev–Trinajstić information content (AvgIpc) is 2.38. The minimum Gasteiger partial charge on any atom is -0.505 e. The molecule has 0 saturated carbocycles. The van der Waals surface area contributed by atoms with E-state index in [0.29, 0.717) is 19.6 Å². The molecule has 0 aliphatic heterocycles. The number of phenolic OH excluding ortho intramolecular Hbond substituents is 1. The third-order valence-electron chi connectivity index (χ3n) is 2.19. The van der Waals surface area contributed by atoms with E-state index in [2.05, 4.69) is 0 Å². The van der Waals surface area contributed by atoms with Gasteiger partial charge in [-0.2, -0.15) is 0 Å². The molecule has 19 heavy (non-hydrogen) atoms. The van der Waals surface area contributed by atoms with Crippen molar-refractivity contribution in [3.63, 3.8) is 0 Å². The van der Waals surface area contributed by atoms with E-state index in [1.165, 1.54) is 0 Å². The molecule has 0 bridgehead atoms. The average molecular weight is 312 g/mol. The van der Waals surface area contributed by atoms with Gasteiger partial charge < -0.3 is 20.4 Å². The van der Waals surface area contributed by atoms with E-state index in [4.69, 9.17) is 43.6 Å². The quantitative estimate of drug-likeness (QED) is 0.629. The van der Waals surface area contributed by atoms with Crippen LogP contribution >= 0.6 is 23.2 Å². The van der Waals surface area contributed by atoms with Gasteiger partial charge in [0.05, 0.1) is 29.9 Å². The minimum atomic E-state index is -0.0548. The number of benzene rings is 1. The summed E-state index contributed by atoms with van der Waals surface area (Å²) in [5.74, 6) is -0.0548. The van der Waals surface area contributed by atoms with Gasteiger partial charge in [0.25, 0.3) is 0 Å². The second-order valence-electron chi connectivity index (χ2n) is 3.58. The lowest BCUT2D eigenvalue weighted by Gasteiger charge is -2.17. The van der Waals surface area contributed by atoms with Crippen LogP contribution in [0.2, 0.25) is 10.0 Å². The molecular weight excluding hydrogens is 293 g/mol. The van der Waals surface area contributed by atoms with Gasteiger partial charge in [0.1, 0.15) is 0 Å². The molecular formula is C12H19Cl2NO4. The zero-order valence-electron chi connectivity index (χ0n) is 10.5. The molecule has 0 heterocycles. The van der Waals surface area contributed by atoms with Crippen LogP contribution in [0.25, 0.3) is 0 Å². The van der Waals surface area contributed by atoms with E-state index in [9.17, 15) is 0 Å². The number of halogens is 2. The predicted octanol–water partition coefficient (Wildman–Crippen LogP) is 0.964. The molecule has 1 rings (SSSR count). The van der Waals surface area contributed by atoms with Crippen LogP contribution in [0.4, 0.5) is 0 Å². The molecule has 0 fully saturated rings. The predicted molar refractivity (Wildman–Crippen MR) is 75.8 cm³/mol. The van der Waals surface area contributed by atoms with E-state index >= 15 is 0 Å².